The van der Waals surface area contributed by atoms with Gasteiger partial charge in [0.2, 0.25) is 30.4 Å². The zero-order valence-corrected chi connectivity index (χ0v) is 38.2. The van der Waals surface area contributed by atoms with Crippen molar-refractivity contribution in [3.63, 3.8) is 0 Å². The third-order valence-electron chi connectivity index (χ3n) is 9.86. The van der Waals surface area contributed by atoms with Gasteiger partial charge in [-0.2, -0.15) is 17.6 Å². The second-order valence-corrected chi connectivity index (χ2v) is 15.8. The van der Waals surface area contributed by atoms with Crippen LogP contribution in [0.25, 0.3) is 21.4 Å². The third-order valence-corrected chi connectivity index (χ3v) is 10.8. The SMILES string of the molecule is CCC(NC(=N)N)[C@H](NC(=O)CCC(=O)OCOc1cc(N2CCOCC2)[o+]c2c(-c3ccc4c(c3)OCCO4)csc12)C(=O)NCC(=O)N[C@@H](CC(=O)O)C(=O)N[C@@H](CO)C(=O)O.O=C([O-])C(F)(F)F. The minimum absolute atomic E-state index is 0.121. The van der Waals surface area contributed by atoms with Crippen molar-refractivity contribution >= 4 is 81.0 Å². The predicted octanol–water partition coefficient (Wildman–Crippen LogP) is -1.61. The molecule has 0 saturated carbocycles. The fourth-order valence-electron chi connectivity index (χ4n) is 6.41. The molecule has 4 amide bonds. The number of thiophene rings is 1. The Labute approximate surface area is 403 Å². The number of morpholine rings is 1. The number of ether oxygens (including phenoxy) is 5. The number of carboxylic acid groups (broad SMARTS) is 3. The molecule has 0 radical (unpaired) electrons. The van der Waals surface area contributed by atoms with E-state index in [-0.39, 0.29) is 6.42 Å². The van der Waals surface area contributed by atoms with Crippen molar-refractivity contribution in [3.05, 3.63) is 29.6 Å². The van der Waals surface area contributed by atoms with E-state index in [2.05, 4.69) is 21.3 Å². The van der Waals surface area contributed by atoms with Crippen LogP contribution in [0.3, 0.4) is 0 Å². The summed E-state index contributed by atoms with van der Waals surface area (Å²) >= 11 is 1.36. The van der Waals surface area contributed by atoms with Gasteiger partial charge in [0, 0.05) is 24.9 Å². The van der Waals surface area contributed by atoms with E-state index in [1.807, 2.05) is 33.8 Å². The fraction of sp³-hybridized carbons (Fsp3) is 0.463. The largest absolute Gasteiger partial charge is 0.542 e. The summed E-state index contributed by atoms with van der Waals surface area (Å²) in [7, 11) is 0. The minimum atomic E-state index is -5.19. The number of anilines is 1. The van der Waals surface area contributed by atoms with E-state index in [0.717, 1.165) is 11.1 Å². The number of carboxylic acids is 3. The van der Waals surface area contributed by atoms with Gasteiger partial charge in [-0.05, 0) is 24.1 Å². The number of aliphatic carboxylic acids is 3. The molecular formula is C41H49F3N8O18S. The Bertz CT molecular complexity index is 2440. The summed E-state index contributed by atoms with van der Waals surface area (Å²) in [5.41, 5.74) is 7.63. The Morgan fingerprint density at radius 2 is 1.61 bits per heavy atom. The van der Waals surface area contributed by atoms with Crippen molar-refractivity contribution in [1.82, 2.24) is 26.6 Å². The molecule has 11 N–H and O–H groups in total. The molecule has 71 heavy (non-hydrogen) atoms. The number of benzene rings is 1. The van der Waals surface area contributed by atoms with Gasteiger partial charge in [-0.25, -0.2) is 4.79 Å². The molecule has 1 aromatic carbocycles. The van der Waals surface area contributed by atoms with Crippen LogP contribution < -0.4 is 56.5 Å². The maximum atomic E-state index is 13.3. The highest BCUT2D eigenvalue weighted by atomic mass is 32.1. The predicted molar refractivity (Wildman–Crippen MR) is 235 cm³/mol. The Kier molecular flexibility index (Phi) is 20.7. The fourth-order valence-corrected chi connectivity index (χ4v) is 7.38. The van der Waals surface area contributed by atoms with Gasteiger partial charge in [0.25, 0.3) is 0 Å². The number of hydrogen-bond donors (Lipinski definition) is 10. The standard InChI is InChI=1S/C39H48N8O16S.C2HF3O2/c1-2-22(45-39(40)41)33(37(55)42-16-29(50)43-23(14-31(51)52)36(54)44-24(17-48)38(56)57)46-28(49)5-6-32(53)62-19-61-27-15-30(47-7-9-58-10-8-47)63-34-21(18-64-35(27)34)20-3-4-25-26(13-20)60-12-11-59-25;3-2(4,5)1(6)7/h3-4,13,15,18,22-24,33,48H,2,5-12,14,16-17,19H2,1H3,(H9-,40,41,42,43,44,45,46,49,50,51,52,54,55,56,57);(H,6,7)/t22?,23-,24-,33-;/m0./s1. The molecule has 1 saturated heterocycles. The van der Waals surface area contributed by atoms with Crippen molar-refractivity contribution in [2.45, 2.75) is 63.0 Å². The molecule has 1 fully saturated rings. The van der Waals surface area contributed by atoms with Gasteiger partial charge in [0.05, 0.1) is 50.8 Å². The molecule has 2 aromatic heterocycles. The molecule has 0 aliphatic carbocycles. The molecule has 2 aliphatic rings. The number of hydrogen-bond acceptors (Lipinski definition) is 18. The Balaban J connectivity index is 0.00000145. The zero-order valence-electron chi connectivity index (χ0n) is 37.4. The topological polar surface area (TPSA) is 391 Å². The maximum Gasteiger partial charge on any atom is 0.434 e. The number of aliphatic hydroxyl groups is 1. The van der Waals surface area contributed by atoms with Crippen LogP contribution in [0.15, 0.2) is 34.1 Å². The summed E-state index contributed by atoms with van der Waals surface area (Å²) in [6.07, 6.45) is -6.95. The summed E-state index contributed by atoms with van der Waals surface area (Å²) in [4.78, 5) is 97.8. The molecule has 3 aromatic rings. The van der Waals surface area contributed by atoms with Crippen LogP contribution in [-0.2, 0) is 47.8 Å². The number of aliphatic hydroxyl groups excluding tert-OH is 1. The van der Waals surface area contributed by atoms with Crippen molar-refractivity contribution in [1.29, 1.82) is 5.41 Å². The molecule has 5 rings (SSSR count). The summed E-state index contributed by atoms with van der Waals surface area (Å²) in [6.45, 7) is 2.21. The van der Waals surface area contributed by atoms with Gasteiger partial charge in [-0.1, -0.05) is 13.0 Å². The van der Waals surface area contributed by atoms with Crippen LogP contribution in [0.4, 0.5) is 19.1 Å². The first-order chi connectivity index (χ1) is 33.6. The normalized spacial score (nSPS) is 14.7. The van der Waals surface area contributed by atoms with Crippen LogP contribution in [0, 0.1) is 5.41 Å². The first-order valence-electron chi connectivity index (χ1n) is 21.1. The molecule has 2 aliphatic heterocycles. The summed E-state index contributed by atoms with van der Waals surface area (Å²) in [5.74, 6) is -9.45. The quantitative estimate of drug-likeness (QED) is 0.0178. The lowest BCUT2D eigenvalue weighted by molar-refractivity contribution is -0.344. The van der Waals surface area contributed by atoms with Gasteiger partial charge < -0.3 is 81.2 Å². The molecule has 388 valence electrons. The molecule has 4 atom stereocenters. The molecule has 1 unspecified atom stereocenters. The lowest BCUT2D eigenvalue weighted by atomic mass is 10.0. The van der Waals surface area contributed by atoms with E-state index in [1.165, 1.54) is 11.3 Å². The first kappa shape index (κ1) is 55.9. The van der Waals surface area contributed by atoms with Gasteiger partial charge in [0.15, 0.2) is 27.9 Å². The number of carbonyl (C=O) groups is 8. The van der Waals surface area contributed by atoms with Gasteiger partial charge in [-0.15, -0.1) is 11.3 Å². The van der Waals surface area contributed by atoms with Crippen LogP contribution in [-0.4, -0.2) is 159 Å². The van der Waals surface area contributed by atoms with Crippen molar-refractivity contribution < 1.29 is 100 Å². The second-order valence-electron chi connectivity index (χ2n) is 14.9. The maximum absolute atomic E-state index is 13.3. The average Bonchev–Trinajstić information content (AvgIpc) is 3.76. The number of nitrogens with one attached hydrogen (secondary N) is 6. The molecule has 26 nitrogen and oxygen atoms in total. The summed E-state index contributed by atoms with van der Waals surface area (Å²) in [6, 6.07) is 1.25. The number of halogens is 3. The molecule has 0 bridgehead atoms. The highest BCUT2D eigenvalue weighted by Gasteiger charge is 2.33. The number of guanidine groups is 1. The van der Waals surface area contributed by atoms with Crippen molar-refractivity contribution in [2.24, 2.45) is 5.73 Å². The van der Waals surface area contributed by atoms with Crippen LogP contribution in [0.2, 0.25) is 0 Å². The number of amides is 4. The smallest absolute Gasteiger partial charge is 0.434 e. The summed E-state index contributed by atoms with van der Waals surface area (Å²) < 4.78 is 66.9. The van der Waals surface area contributed by atoms with E-state index >= 15 is 0 Å². The molecular weight excluding hydrogens is 982 g/mol. The first-order valence-corrected chi connectivity index (χ1v) is 22.0. The highest BCUT2D eigenvalue weighted by Crippen LogP contribution is 2.44. The Morgan fingerprint density at radius 1 is 0.930 bits per heavy atom. The Hall–Kier alpha value is -7.73. The van der Waals surface area contributed by atoms with E-state index < -0.39 is 123 Å². The zero-order chi connectivity index (χ0) is 52.4. The lowest BCUT2D eigenvalue weighted by Gasteiger charge is -2.27. The average molecular weight is 1030 g/mol. The third kappa shape index (κ3) is 17.0. The monoisotopic (exact) mass is 1030 g/mol. The number of esters is 1. The number of fused-ring (bicyclic) bond motifs is 2. The van der Waals surface area contributed by atoms with Crippen LogP contribution in [0.1, 0.15) is 32.6 Å². The number of nitrogens with two attached hydrogens (primary N) is 1. The summed E-state index contributed by atoms with van der Waals surface area (Å²) in [5, 5.41) is 57.0. The van der Waals surface area contributed by atoms with Gasteiger partial charge in [0.1, 0.15) is 43.4 Å². The van der Waals surface area contributed by atoms with Gasteiger partial charge in [-0.3, -0.25) is 39.1 Å². The van der Waals surface area contributed by atoms with Gasteiger partial charge >= 0.3 is 35.6 Å². The van der Waals surface area contributed by atoms with E-state index in [1.54, 1.807) is 13.0 Å². The van der Waals surface area contributed by atoms with E-state index in [0.29, 0.717) is 72.9 Å². The van der Waals surface area contributed by atoms with E-state index in [4.69, 9.17) is 54.3 Å². The molecule has 30 heteroatoms. The number of rotatable bonds is 22. The van der Waals surface area contributed by atoms with Crippen molar-refractivity contribution in [2.75, 3.05) is 64.4 Å². The minimum Gasteiger partial charge on any atom is -0.542 e. The second kappa shape index (κ2) is 26.3. The number of nitrogens with zero attached hydrogens (tertiary/aromatic N) is 1. The Morgan fingerprint density at radius 3 is 2.21 bits per heavy atom. The molecule has 4 heterocycles. The van der Waals surface area contributed by atoms with Crippen LogP contribution in [0.5, 0.6) is 17.2 Å². The van der Waals surface area contributed by atoms with E-state index in [9.17, 15) is 56.9 Å². The highest BCUT2D eigenvalue weighted by molar-refractivity contribution is 7.18. The number of carbonyl (C=O) groups excluding carboxylic acids is 6. The number of alkyl halides is 3. The lowest BCUT2D eigenvalue weighted by Crippen LogP contribution is -2.60. The molecule has 0 spiro atoms. The van der Waals surface area contributed by atoms with Crippen LogP contribution >= 0.6 is 11.3 Å². The van der Waals surface area contributed by atoms with Crippen molar-refractivity contribution in [3.8, 4) is 28.4 Å².